The molecule has 1 unspecified atom stereocenters. The zero-order valence-electron chi connectivity index (χ0n) is 15.0. The monoisotopic (exact) mass is 345 g/mol. The van der Waals surface area contributed by atoms with Gasteiger partial charge < -0.3 is 5.32 Å². The Labute approximate surface area is 148 Å². The van der Waals surface area contributed by atoms with Gasteiger partial charge in [0.15, 0.2) is 0 Å². The van der Waals surface area contributed by atoms with Gasteiger partial charge in [-0.2, -0.15) is 0 Å². The molecule has 3 atom stereocenters. The first kappa shape index (κ1) is 17.9. The number of fused-ring (bicyclic) bond motifs is 2. The van der Waals surface area contributed by atoms with Crippen molar-refractivity contribution in [3.63, 3.8) is 0 Å². The molecule has 1 aromatic carbocycles. The molecule has 2 aliphatic rings. The van der Waals surface area contributed by atoms with Crippen LogP contribution in [0.3, 0.4) is 0 Å². The molecular weight excluding hydrogens is 318 g/mol. The lowest BCUT2D eigenvalue weighted by Crippen LogP contribution is -2.57. The Bertz CT molecular complexity index is 633. The number of piperidine rings is 2. The third-order valence-corrected chi connectivity index (χ3v) is 5.36. The molecule has 2 aliphatic heterocycles. The van der Waals surface area contributed by atoms with Crippen molar-refractivity contribution in [2.75, 3.05) is 6.54 Å². The number of rotatable bonds is 5. The normalized spacial score (nSPS) is 26.4. The van der Waals surface area contributed by atoms with Crippen molar-refractivity contribution in [1.82, 2.24) is 10.2 Å². The number of non-ortho nitro benzene ring substituents is 1. The van der Waals surface area contributed by atoms with Crippen LogP contribution in [-0.2, 0) is 0 Å². The van der Waals surface area contributed by atoms with E-state index in [2.05, 4.69) is 24.1 Å². The van der Waals surface area contributed by atoms with Gasteiger partial charge in [-0.25, -0.2) is 0 Å². The van der Waals surface area contributed by atoms with E-state index in [1.165, 1.54) is 31.4 Å². The summed E-state index contributed by atoms with van der Waals surface area (Å²) in [5, 5.41) is 14.0. The Kier molecular flexibility index (Phi) is 5.37. The molecule has 2 heterocycles. The van der Waals surface area contributed by atoms with Crippen molar-refractivity contribution in [3.05, 3.63) is 39.9 Å². The summed E-state index contributed by atoms with van der Waals surface area (Å²) in [6.07, 6.45) is 5.63. The first-order chi connectivity index (χ1) is 11.9. The highest BCUT2D eigenvalue weighted by molar-refractivity contribution is 5.95. The number of hydrogen-bond donors (Lipinski definition) is 1. The molecule has 6 nitrogen and oxygen atoms in total. The summed E-state index contributed by atoms with van der Waals surface area (Å²) in [7, 11) is 0. The molecule has 2 fully saturated rings. The number of nitrogens with zero attached hydrogens (tertiary/aromatic N) is 2. The Hall–Kier alpha value is -1.95. The highest BCUT2D eigenvalue weighted by Gasteiger charge is 2.38. The predicted molar refractivity (Wildman–Crippen MR) is 96.6 cm³/mol. The maximum Gasteiger partial charge on any atom is 0.270 e. The fourth-order valence-corrected chi connectivity index (χ4v) is 4.35. The number of carbonyl (C=O) groups excluding carboxylic acids is 1. The van der Waals surface area contributed by atoms with Crippen LogP contribution in [0.5, 0.6) is 0 Å². The van der Waals surface area contributed by atoms with Crippen molar-refractivity contribution < 1.29 is 9.72 Å². The minimum absolute atomic E-state index is 0.0451. The number of benzene rings is 1. The van der Waals surface area contributed by atoms with E-state index in [0.29, 0.717) is 23.6 Å². The number of amides is 1. The summed E-state index contributed by atoms with van der Waals surface area (Å²) < 4.78 is 0. The van der Waals surface area contributed by atoms with E-state index in [1.54, 1.807) is 12.1 Å². The van der Waals surface area contributed by atoms with Crippen LogP contribution in [0.4, 0.5) is 5.69 Å². The van der Waals surface area contributed by atoms with Crippen LogP contribution in [0.1, 0.15) is 56.3 Å². The third-order valence-electron chi connectivity index (χ3n) is 5.36. The third kappa shape index (κ3) is 4.18. The van der Waals surface area contributed by atoms with Crippen molar-refractivity contribution in [1.29, 1.82) is 0 Å². The van der Waals surface area contributed by atoms with Crippen LogP contribution >= 0.6 is 0 Å². The van der Waals surface area contributed by atoms with Gasteiger partial charge in [0.2, 0.25) is 0 Å². The number of nitro groups is 1. The van der Waals surface area contributed by atoms with Crippen molar-refractivity contribution in [2.45, 2.75) is 64.1 Å². The molecule has 3 rings (SSSR count). The van der Waals surface area contributed by atoms with Crippen molar-refractivity contribution >= 4 is 11.6 Å². The maximum atomic E-state index is 12.5. The molecule has 0 aromatic heterocycles. The van der Waals surface area contributed by atoms with Gasteiger partial charge in [-0.3, -0.25) is 19.8 Å². The lowest BCUT2D eigenvalue weighted by Gasteiger charge is -2.49. The first-order valence-corrected chi connectivity index (χ1v) is 9.25. The molecule has 0 saturated carbocycles. The topological polar surface area (TPSA) is 75.5 Å². The van der Waals surface area contributed by atoms with Gasteiger partial charge in [-0.15, -0.1) is 0 Å². The molecule has 2 saturated heterocycles. The van der Waals surface area contributed by atoms with E-state index in [1.807, 2.05) is 0 Å². The SMILES string of the molecule is CC(C)CN1[C@@H]2CCC[C@H]1CC(NC(=O)c1cccc([N+](=O)[O-])c1)C2. The molecule has 1 N–H and O–H groups in total. The molecule has 0 aliphatic carbocycles. The fraction of sp³-hybridized carbons (Fsp3) is 0.632. The lowest BCUT2D eigenvalue weighted by atomic mass is 9.81. The Morgan fingerprint density at radius 2 is 2.00 bits per heavy atom. The summed E-state index contributed by atoms with van der Waals surface area (Å²) in [6.45, 7) is 5.64. The van der Waals surface area contributed by atoms with Gasteiger partial charge in [0.1, 0.15) is 0 Å². The summed E-state index contributed by atoms with van der Waals surface area (Å²) in [5.41, 5.74) is 0.320. The minimum atomic E-state index is -0.467. The average molecular weight is 345 g/mol. The molecule has 6 heteroatoms. The van der Waals surface area contributed by atoms with Crippen molar-refractivity contribution in [2.24, 2.45) is 5.92 Å². The van der Waals surface area contributed by atoms with Gasteiger partial charge in [-0.1, -0.05) is 26.3 Å². The predicted octanol–water partition coefficient (Wildman–Crippen LogP) is 3.37. The van der Waals surface area contributed by atoms with Crippen LogP contribution in [-0.4, -0.2) is 40.4 Å². The minimum Gasteiger partial charge on any atom is -0.349 e. The summed E-state index contributed by atoms with van der Waals surface area (Å²) in [5.74, 6) is 0.447. The molecule has 136 valence electrons. The van der Waals surface area contributed by atoms with Crippen LogP contribution in [0.2, 0.25) is 0 Å². The van der Waals surface area contributed by atoms with Crippen molar-refractivity contribution in [3.8, 4) is 0 Å². The number of nitro benzene ring substituents is 1. The lowest BCUT2D eigenvalue weighted by molar-refractivity contribution is -0.384. The van der Waals surface area contributed by atoms with Gasteiger partial charge in [-0.05, 0) is 37.7 Å². The van der Waals surface area contributed by atoms with E-state index >= 15 is 0 Å². The molecule has 1 aromatic rings. The van der Waals surface area contributed by atoms with Crippen LogP contribution in [0.25, 0.3) is 0 Å². The number of carbonyl (C=O) groups is 1. The summed E-state index contributed by atoms with van der Waals surface area (Å²) in [6, 6.07) is 7.21. The van der Waals surface area contributed by atoms with Gasteiger partial charge in [0.25, 0.3) is 11.6 Å². The second-order valence-electron chi connectivity index (χ2n) is 7.78. The quantitative estimate of drug-likeness (QED) is 0.656. The zero-order chi connectivity index (χ0) is 18.0. The average Bonchev–Trinajstić information content (AvgIpc) is 2.55. The van der Waals surface area contributed by atoms with E-state index in [0.717, 1.165) is 19.4 Å². The highest BCUT2D eigenvalue weighted by atomic mass is 16.6. The first-order valence-electron chi connectivity index (χ1n) is 9.25. The highest BCUT2D eigenvalue weighted by Crippen LogP contribution is 2.34. The maximum absolute atomic E-state index is 12.5. The Morgan fingerprint density at radius 3 is 2.60 bits per heavy atom. The second kappa shape index (κ2) is 7.52. The number of hydrogen-bond acceptors (Lipinski definition) is 4. The summed E-state index contributed by atoms with van der Waals surface area (Å²) in [4.78, 5) is 25.6. The molecule has 0 spiro atoms. The van der Waals surface area contributed by atoms with Gasteiger partial charge in [0, 0.05) is 42.4 Å². The van der Waals surface area contributed by atoms with Gasteiger partial charge >= 0.3 is 0 Å². The molecular formula is C19H27N3O3. The van der Waals surface area contributed by atoms with Crippen LogP contribution < -0.4 is 5.32 Å². The standard InChI is InChI=1S/C19H27N3O3/c1-13(2)12-21-16-6-4-7-17(21)11-15(10-16)20-19(23)14-5-3-8-18(9-14)22(24)25/h3,5,8-9,13,15-17H,4,6-7,10-12H2,1-2H3,(H,20,23)/t15?,16-,17+. The van der Waals surface area contributed by atoms with E-state index in [-0.39, 0.29) is 17.6 Å². The van der Waals surface area contributed by atoms with E-state index in [4.69, 9.17) is 0 Å². The van der Waals surface area contributed by atoms with Gasteiger partial charge in [0.05, 0.1) is 4.92 Å². The Morgan fingerprint density at radius 1 is 1.32 bits per heavy atom. The molecule has 1 amide bonds. The molecule has 25 heavy (non-hydrogen) atoms. The Balaban J connectivity index is 1.65. The fourth-order valence-electron chi connectivity index (χ4n) is 4.35. The van der Waals surface area contributed by atoms with Crippen LogP contribution in [0.15, 0.2) is 24.3 Å². The zero-order valence-corrected chi connectivity index (χ0v) is 15.0. The largest absolute Gasteiger partial charge is 0.349 e. The van der Waals surface area contributed by atoms with Crippen LogP contribution in [0, 0.1) is 16.0 Å². The smallest absolute Gasteiger partial charge is 0.270 e. The molecule has 2 bridgehead atoms. The summed E-state index contributed by atoms with van der Waals surface area (Å²) >= 11 is 0. The molecule has 0 radical (unpaired) electrons. The van der Waals surface area contributed by atoms with E-state index < -0.39 is 4.92 Å². The van der Waals surface area contributed by atoms with E-state index in [9.17, 15) is 14.9 Å². The second-order valence-corrected chi connectivity index (χ2v) is 7.78. The number of nitrogens with one attached hydrogen (secondary N) is 1.